The standard InChI is InChI=1S/C24H35N5O3/c1-5-6-13-27(21-22(25)29(14-16(2)3)24(32)26-23(21)31)20(30)15-28-17(4)11-12-18-9-7-8-10-19(18)28/h7-10,16-17H,5-6,11-15,25H2,1-4H3,(H,26,31,32)/t17-/m1/s1. The number of aromatic amines is 1. The maximum atomic E-state index is 13.6. The van der Waals surface area contributed by atoms with Crippen molar-refractivity contribution in [1.82, 2.24) is 9.55 Å². The number of rotatable bonds is 8. The van der Waals surface area contributed by atoms with Crippen molar-refractivity contribution in [2.75, 3.05) is 28.6 Å². The number of para-hydroxylation sites is 1. The molecule has 0 saturated heterocycles. The van der Waals surface area contributed by atoms with Crippen LogP contribution >= 0.6 is 0 Å². The molecule has 1 aromatic heterocycles. The maximum Gasteiger partial charge on any atom is 0.330 e. The number of anilines is 3. The van der Waals surface area contributed by atoms with Gasteiger partial charge >= 0.3 is 5.69 Å². The number of fused-ring (bicyclic) bond motifs is 1. The van der Waals surface area contributed by atoms with E-state index in [1.165, 1.54) is 15.0 Å². The van der Waals surface area contributed by atoms with E-state index in [-0.39, 0.29) is 35.9 Å². The highest BCUT2D eigenvalue weighted by atomic mass is 16.2. The monoisotopic (exact) mass is 441 g/mol. The van der Waals surface area contributed by atoms with Gasteiger partial charge in [0, 0.05) is 24.8 Å². The van der Waals surface area contributed by atoms with Crippen molar-refractivity contribution in [2.24, 2.45) is 5.92 Å². The molecule has 1 aliphatic heterocycles. The Morgan fingerprint density at radius 3 is 2.69 bits per heavy atom. The average Bonchev–Trinajstić information content (AvgIpc) is 2.75. The van der Waals surface area contributed by atoms with Gasteiger partial charge in [0.1, 0.15) is 5.82 Å². The average molecular weight is 442 g/mol. The van der Waals surface area contributed by atoms with Crippen LogP contribution in [-0.4, -0.2) is 34.6 Å². The molecule has 8 heteroatoms. The molecule has 0 radical (unpaired) electrons. The summed E-state index contributed by atoms with van der Waals surface area (Å²) in [5.74, 6) is -0.00260. The van der Waals surface area contributed by atoms with Crippen molar-refractivity contribution in [3.63, 3.8) is 0 Å². The fourth-order valence-electron chi connectivity index (χ4n) is 4.29. The van der Waals surface area contributed by atoms with E-state index >= 15 is 0 Å². The zero-order chi connectivity index (χ0) is 23.4. The molecule has 0 fully saturated rings. The van der Waals surface area contributed by atoms with E-state index in [9.17, 15) is 14.4 Å². The number of nitrogens with one attached hydrogen (secondary N) is 1. The molecule has 32 heavy (non-hydrogen) atoms. The summed E-state index contributed by atoms with van der Waals surface area (Å²) in [5.41, 5.74) is 7.50. The van der Waals surface area contributed by atoms with E-state index in [0.29, 0.717) is 13.1 Å². The number of benzene rings is 1. The smallest absolute Gasteiger partial charge is 0.330 e. The molecule has 0 aliphatic carbocycles. The molecule has 0 spiro atoms. The number of aromatic nitrogens is 2. The lowest BCUT2D eigenvalue weighted by molar-refractivity contribution is -0.117. The van der Waals surface area contributed by atoms with Crippen molar-refractivity contribution in [2.45, 2.75) is 66.0 Å². The Balaban J connectivity index is 2.00. The lowest BCUT2D eigenvalue weighted by Gasteiger charge is -2.38. The molecule has 1 aromatic carbocycles. The minimum Gasteiger partial charge on any atom is -0.383 e. The number of nitrogens with two attached hydrogens (primary N) is 1. The highest BCUT2D eigenvalue weighted by molar-refractivity contribution is 5.98. The molecule has 3 N–H and O–H groups in total. The van der Waals surface area contributed by atoms with E-state index in [0.717, 1.165) is 31.4 Å². The van der Waals surface area contributed by atoms with Crippen LogP contribution < -0.4 is 26.8 Å². The first kappa shape index (κ1) is 23.6. The number of nitrogens with zero attached hydrogens (tertiary/aromatic N) is 3. The zero-order valence-electron chi connectivity index (χ0n) is 19.6. The molecule has 2 heterocycles. The number of unbranched alkanes of at least 4 members (excludes halogenated alkanes) is 1. The van der Waals surface area contributed by atoms with Crippen LogP contribution in [0.25, 0.3) is 0 Å². The van der Waals surface area contributed by atoms with E-state index in [1.54, 1.807) is 0 Å². The molecule has 3 rings (SSSR count). The van der Waals surface area contributed by atoms with Crippen LogP contribution in [0.5, 0.6) is 0 Å². The summed E-state index contributed by atoms with van der Waals surface area (Å²) >= 11 is 0. The highest BCUT2D eigenvalue weighted by Crippen LogP contribution is 2.30. The first-order valence-electron chi connectivity index (χ1n) is 11.5. The van der Waals surface area contributed by atoms with Crippen LogP contribution in [0.2, 0.25) is 0 Å². The Morgan fingerprint density at radius 2 is 2.00 bits per heavy atom. The Morgan fingerprint density at radius 1 is 1.28 bits per heavy atom. The number of H-pyrrole nitrogens is 1. The maximum absolute atomic E-state index is 13.6. The quantitative estimate of drug-likeness (QED) is 0.655. The molecule has 2 aromatic rings. The first-order valence-corrected chi connectivity index (χ1v) is 11.5. The number of aryl methyl sites for hydroxylation is 1. The zero-order valence-corrected chi connectivity index (χ0v) is 19.6. The lowest BCUT2D eigenvalue weighted by Crippen LogP contribution is -2.48. The van der Waals surface area contributed by atoms with Crippen LogP contribution in [0.4, 0.5) is 17.2 Å². The third-order valence-electron chi connectivity index (χ3n) is 6.04. The van der Waals surface area contributed by atoms with Gasteiger partial charge in [0.15, 0.2) is 5.69 Å². The van der Waals surface area contributed by atoms with Gasteiger partial charge in [-0.2, -0.15) is 0 Å². The van der Waals surface area contributed by atoms with Crippen LogP contribution in [0.1, 0.15) is 52.5 Å². The van der Waals surface area contributed by atoms with Crippen LogP contribution in [0.15, 0.2) is 33.9 Å². The predicted molar refractivity (Wildman–Crippen MR) is 129 cm³/mol. The van der Waals surface area contributed by atoms with Crippen LogP contribution in [0, 0.1) is 5.92 Å². The van der Waals surface area contributed by atoms with E-state index in [2.05, 4.69) is 22.9 Å². The summed E-state index contributed by atoms with van der Waals surface area (Å²) < 4.78 is 1.35. The number of amides is 1. The number of carbonyl (C=O) groups is 1. The number of hydrogen-bond donors (Lipinski definition) is 2. The van der Waals surface area contributed by atoms with Gasteiger partial charge < -0.3 is 15.5 Å². The third-order valence-corrected chi connectivity index (χ3v) is 6.04. The second-order valence-electron chi connectivity index (χ2n) is 9.04. The topological polar surface area (TPSA) is 104 Å². The second kappa shape index (κ2) is 10.1. The number of carbonyl (C=O) groups excluding carboxylic acids is 1. The van der Waals surface area contributed by atoms with Crippen molar-refractivity contribution < 1.29 is 4.79 Å². The minimum absolute atomic E-state index is 0.0454. The first-order chi connectivity index (χ1) is 15.2. The summed E-state index contributed by atoms with van der Waals surface area (Å²) in [7, 11) is 0. The normalized spacial score (nSPS) is 15.7. The van der Waals surface area contributed by atoms with Gasteiger partial charge in [0.2, 0.25) is 5.91 Å². The van der Waals surface area contributed by atoms with E-state index < -0.39 is 11.2 Å². The van der Waals surface area contributed by atoms with Crippen molar-refractivity contribution in [3.05, 3.63) is 50.7 Å². The molecule has 1 atom stereocenters. The van der Waals surface area contributed by atoms with E-state index in [1.807, 2.05) is 39.0 Å². The van der Waals surface area contributed by atoms with Gasteiger partial charge in [-0.05, 0) is 43.7 Å². The summed E-state index contributed by atoms with van der Waals surface area (Å²) in [4.78, 5) is 44.7. The van der Waals surface area contributed by atoms with Crippen molar-refractivity contribution in [1.29, 1.82) is 0 Å². The molecule has 0 saturated carbocycles. The fraction of sp³-hybridized carbons (Fsp3) is 0.542. The fourth-order valence-corrected chi connectivity index (χ4v) is 4.29. The third kappa shape index (κ3) is 4.89. The van der Waals surface area contributed by atoms with Crippen LogP contribution in [-0.2, 0) is 17.8 Å². The van der Waals surface area contributed by atoms with Gasteiger partial charge in [-0.3, -0.25) is 19.1 Å². The van der Waals surface area contributed by atoms with Gasteiger partial charge in [-0.25, -0.2) is 4.79 Å². The Kier molecular flexibility index (Phi) is 7.43. The van der Waals surface area contributed by atoms with Crippen molar-refractivity contribution in [3.8, 4) is 0 Å². The Bertz CT molecular complexity index is 1070. The molecule has 0 unspecified atom stereocenters. The van der Waals surface area contributed by atoms with Gasteiger partial charge in [0.25, 0.3) is 5.56 Å². The molecule has 0 bridgehead atoms. The van der Waals surface area contributed by atoms with Gasteiger partial charge in [-0.1, -0.05) is 45.4 Å². The largest absolute Gasteiger partial charge is 0.383 e. The molecule has 1 amide bonds. The van der Waals surface area contributed by atoms with E-state index in [4.69, 9.17) is 5.73 Å². The second-order valence-corrected chi connectivity index (χ2v) is 9.04. The summed E-state index contributed by atoms with van der Waals surface area (Å²) in [6.45, 7) is 8.94. The Labute approximate surface area is 189 Å². The van der Waals surface area contributed by atoms with Gasteiger partial charge in [-0.15, -0.1) is 0 Å². The molecule has 8 nitrogen and oxygen atoms in total. The minimum atomic E-state index is -0.621. The lowest BCUT2D eigenvalue weighted by atomic mass is 9.96. The molecule has 174 valence electrons. The number of nitrogen functional groups attached to an aromatic ring is 1. The highest BCUT2D eigenvalue weighted by Gasteiger charge is 2.29. The molecular weight excluding hydrogens is 406 g/mol. The predicted octanol–water partition coefficient (Wildman–Crippen LogP) is 2.75. The van der Waals surface area contributed by atoms with Crippen molar-refractivity contribution >= 4 is 23.1 Å². The van der Waals surface area contributed by atoms with Gasteiger partial charge in [0.05, 0.1) is 6.54 Å². The summed E-state index contributed by atoms with van der Waals surface area (Å²) in [6, 6.07) is 8.33. The van der Waals surface area contributed by atoms with Crippen LogP contribution in [0.3, 0.4) is 0 Å². The molecule has 1 aliphatic rings. The SMILES string of the molecule is CCCCN(C(=O)CN1c2ccccc2CC[C@H]1C)c1c(N)n(CC(C)C)c(=O)[nH]c1=O. The summed E-state index contributed by atoms with van der Waals surface area (Å²) in [6.07, 6.45) is 3.52. The summed E-state index contributed by atoms with van der Waals surface area (Å²) in [5, 5.41) is 0. The number of hydrogen-bond acceptors (Lipinski definition) is 5. The molecular formula is C24H35N5O3. The Hall–Kier alpha value is -3.03.